The number of aromatic nitrogens is 4. The van der Waals surface area contributed by atoms with Gasteiger partial charge in [-0.1, -0.05) is 17.3 Å². The van der Waals surface area contributed by atoms with Gasteiger partial charge < -0.3 is 10.2 Å². The van der Waals surface area contributed by atoms with E-state index in [1.807, 2.05) is 24.3 Å². The van der Waals surface area contributed by atoms with Gasteiger partial charge in [-0.05, 0) is 12.1 Å². The maximum absolute atomic E-state index is 5.59. The molecule has 6 heteroatoms. The summed E-state index contributed by atoms with van der Waals surface area (Å²) in [7, 11) is 0. The molecule has 1 aromatic carbocycles. The third-order valence-electron chi connectivity index (χ3n) is 2.41. The lowest BCUT2D eigenvalue weighted by molar-refractivity contribution is 0.598. The van der Waals surface area contributed by atoms with Crippen LogP contribution < -0.4 is 5.73 Å². The molecule has 2 N–H and O–H groups in total. The van der Waals surface area contributed by atoms with Crippen LogP contribution in [-0.4, -0.2) is 26.5 Å². The summed E-state index contributed by atoms with van der Waals surface area (Å²) in [6, 6.07) is 7.59. The number of nitrogens with two attached hydrogens (primary N) is 1. The first kappa shape index (κ1) is 9.98. The fourth-order valence-electron chi connectivity index (χ4n) is 1.62. The van der Waals surface area contributed by atoms with Crippen molar-refractivity contribution >= 4 is 11.1 Å². The Hall–Kier alpha value is -2.21. The Morgan fingerprint density at radius 2 is 2.18 bits per heavy atom. The van der Waals surface area contributed by atoms with Crippen molar-refractivity contribution in [1.29, 1.82) is 0 Å². The zero-order valence-corrected chi connectivity index (χ0v) is 9.08. The molecule has 0 bridgehead atoms. The molecule has 0 saturated heterocycles. The van der Waals surface area contributed by atoms with E-state index in [1.165, 1.54) is 0 Å². The molecule has 0 aliphatic rings. The van der Waals surface area contributed by atoms with Crippen molar-refractivity contribution in [2.45, 2.75) is 6.54 Å². The molecule has 0 radical (unpaired) electrons. The van der Waals surface area contributed by atoms with Crippen molar-refractivity contribution < 1.29 is 4.42 Å². The number of para-hydroxylation sites is 2. The first-order valence-electron chi connectivity index (χ1n) is 5.33. The molecule has 0 unspecified atom stereocenters. The van der Waals surface area contributed by atoms with Gasteiger partial charge in [-0.15, -0.1) is 5.10 Å². The second-order valence-electron chi connectivity index (χ2n) is 3.64. The highest BCUT2D eigenvalue weighted by Crippen LogP contribution is 2.21. The summed E-state index contributed by atoms with van der Waals surface area (Å²) in [5, 5.41) is 7.94. The lowest BCUT2D eigenvalue weighted by Crippen LogP contribution is -2.10. The first-order chi connectivity index (χ1) is 8.36. The quantitative estimate of drug-likeness (QED) is 0.725. The molecule has 6 nitrogen and oxygen atoms in total. The Bertz CT molecular complexity index is 609. The molecular formula is C11H11N5O. The number of hydrogen-bond donors (Lipinski definition) is 1. The Labute approximate surface area is 97.0 Å². The van der Waals surface area contributed by atoms with E-state index in [1.54, 1.807) is 10.9 Å². The van der Waals surface area contributed by atoms with E-state index >= 15 is 0 Å². The maximum Gasteiger partial charge on any atom is 0.249 e. The fourth-order valence-corrected chi connectivity index (χ4v) is 1.62. The predicted octanol–water partition coefficient (Wildman–Crippen LogP) is 1.04. The zero-order chi connectivity index (χ0) is 11.7. The zero-order valence-electron chi connectivity index (χ0n) is 9.08. The molecule has 2 aromatic heterocycles. The predicted molar refractivity (Wildman–Crippen MR) is 62.1 cm³/mol. The van der Waals surface area contributed by atoms with Crippen LogP contribution in [0.5, 0.6) is 0 Å². The monoisotopic (exact) mass is 229 g/mol. The average Bonchev–Trinajstić information content (AvgIpc) is 2.94. The van der Waals surface area contributed by atoms with Crippen molar-refractivity contribution in [3.05, 3.63) is 30.5 Å². The fraction of sp³-hybridized carbons (Fsp3) is 0.182. The van der Waals surface area contributed by atoms with Crippen LogP contribution in [0, 0.1) is 0 Å². The van der Waals surface area contributed by atoms with Crippen molar-refractivity contribution in [3.8, 4) is 11.6 Å². The highest BCUT2D eigenvalue weighted by atomic mass is 16.3. The average molecular weight is 229 g/mol. The van der Waals surface area contributed by atoms with Crippen LogP contribution in [0.1, 0.15) is 0 Å². The van der Waals surface area contributed by atoms with Crippen molar-refractivity contribution in [2.24, 2.45) is 5.73 Å². The molecular weight excluding hydrogens is 218 g/mol. The number of fused-ring (bicyclic) bond motifs is 1. The highest BCUT2D eigenvalue weighted by Gasteiger charge is 2.11. The lowest BCUT2D eigenvalue weighted by Gasteiger charge is -1.91. The Balaban J connectivity index is 2.01. The SMILES string of the molecule is NCCn1cc(-c2nc3ccccc3o2)nn1. The largest absolute Gasteiger partial charge is 0.435 e. The van der Waals surface area contributed by atoms with Crippen molar-refractivity contribution in [3.63, 3.8) is 0 Å². The Morgan fingerprint density at radius 1 is 1.29 bits per heavy atom. The van der Waals surface area contributed by atoms with Crippen LogP contribution in [0.2, 0.25) is 0 Å². The van der Waals surface area contributed by atoms with E-state index < -0.39 is 0 Å². The molecule has 0 saturated carbocycles. The van der Waals surface area contributed by atoms with E-state index in [-0.39, 0.29) is 0 Å². The van der Waals surface area contributed by atoms with Crippen molar-refractivity contribution in [1.82, 2.24) is 20.0 Å². The van der Waals surface area contributed by atoms with Gasteiger partial charge in [0, 0.05) is 6.54 Å². The molecule has 0 spiro atoms. The second-order valence-corrected chi connectivity index (χ2v) is 3.64. The normalized spacial score (nSPS) is 11.1. The maximum atomic E-state index is 5.59. The molecule has 0 amide bonds. The van der Waals surface area contributed by atoms with Crippen LogP contribution in [0.25, 0.3) is 22.7 Å². The smallest absolute Gasteiger partial charge is 0.249 e. The molecule has 2 heterocycles. The van der Waals surface area contributed by atoms with Gasteiger partial charge in [0.1, 0.15) is 5.52 Å². The molecule has 17 heavy (non-hydrogen) atoms. The van der Waals surface area contributed by atoms with Gasteiger partial charge in [-0.25, -0.2) is 4.98 Å². The lowest BCUT2D eigenvalue weighted by atomic mass is 10.3. The van der Waals surface area contributed by atoms with Gasteiger partial charge in [0.2, 0.25) is 5.89 Å². The summed E-state index contributed by atoms with van der Waals surface area (Å²) in [6.45, 7) is 1.16. The van der Waals surface area contributed by atoms with Crippen LogP contribution in [0.3, 0.4) is 0 Å². The molecule has 3 rings (SSSR count). The Kier molecular flexibility index (Phi) is 2.34. The van der Waals surface area contributed by atoms with Gasteiger partial charge >= 0.3 is 0 Å². The van der Waals surface area contributed by atoms with Gasteiger partial charge in [0.15, 0.2) is 11.3 Å². The number of nitrogens with zero attached hydrogens (tertiary/aromatic N) is 4. The summed E-state index contributed by atoms with van der Waals surface area (Å²) in [4.78, 5) is 4.34. The molecule has 3 aromatic rings. The topological polar surface area (TPSA) is 82.8 Å². The van der Waals surface area contributed by atoms with E-state index in [9.17, 15) is 0 Å². The van der Waals surface area contributed by atoms with Gasteiger partial charge in [0.25, 0.3) is 0 Å². The van der Waals surface area contributed by atoms with E-state index in [0.29, 0.717) is 24.7 Å². The molecule has 0 aliphatic heterocycles. The first-order valence-corrected chi connectivity index (χ1v) is 5.33. The van der Waals surface area contributed by atoms with E-state index in [0.717, 1.165) is 11.1 Å². The van der Waals surface area contributed by atoms with Gasteiger partial charge in [-0.2, -0.15) is 0 Å². The number of benzene rings is 1. The highest BCUT2D eigenvalue weighted by molar-refractivity contribution is 5.75. The van der Waals surface area contributed by atoms with Crippen LogP contribution in [0.15, 0.2) is 34.9 Å². The Morgan fingerprint density at radius 3 is 3.00 bits per heavy atom. The number of rotatable bonds is 3. The van der Waals surface area contributed by atoms with E-state index in [2.05, 4.69) is 15.3 Å². The van der Waals surface area contributed by atoms with Crippen LogP contribution in [-0.2, 0) is 6.54 Å². The minimum absolute atomic E-state index is 0.481. The molecule has 0 aliphatic carbocycles. The number of hydrogen-bond acceptors (Lipinski definition) is 5. The summed E-state index contributed by atoms with van der Waals surface area (Å²) in [5.41, 5.74) is 7.62. The molecule has 0 fully saturated rings. The van der Waals surface area contributed by atoms with Gasteiger partial charge in [0.05, 0.1) is 12.7 Å². The minimum atomic E-state index is 0.481. The molecule has 86 valence electrons. The summed E-state index contributed by atoms with van der Waals surface area (Å²) in [6.07, 6.45) is 1.78. The standard InChI is InChI=1S/C11H11N5O/c12-5-6-16-7-9(14-15-16)11-13-8-3-1-2-4-10(8)17-11/h1-4,7H,5-6,12H2. The van der Waals surface area contributed by atoms with Crippen LogP contribution >= 0.6 is 0 Å². The van der Waals surface area contributed by atoms with Crippen molar-refractivity contribution in [2.75, 3.05) is 6.54 Å². The molecule has 0 atom stereocenters. The number of oxazole rings is 1. The summed E-state index contributed by atoms with van der Waals surface area (Å²) < 4.78 is 7.26. The third-order valence-corrected chi connectivity index (χ3v) is 2.41. The van der Waals surface area contributed by atoms with Gasteiger partial charge in [-0.3, -0.25) is 4.68 Å². The minimum Gasteiger partial charge on any atom is -0.435 e. The van der Waals surface area contributed by atoms with E-state index in [4.69, 9.17) is 10.2 Å². The van der Waals surface area contributed by atoms with Crippen LogP contribution in [0.4, 0.5) is 0 Å². The summed E-state index contributed by atoms with van der Waals surface area (Å²) in [5.74, 6) is 0.481. The second kappa shape index (κ2) is 3.99. The summed E-state index contributed by atoms with van der Waals surface area (Å²) >= 11 is 0. The third kappa shape index (κ3) is 1.78.